The first-order valence-electron chi connectivity index (χ1n) is 25.2. The molecule has 4 fully saturated rings. The van der Waals surface area contributed by atoms with Crippen molar-refractivity contribution in [2.24, 2.45) is 5.92 Å². The zero-order chi connectivity index (χ0) is 48.7. The van der Waals surface area contributed by atoms with Crippen molar-refractivity contribution in [2.45, 2.75) is 82.8 Å². The molecule has 1 aromatic carbocycles. The lowest BCUT2D eigenvalue weighted by atomic mass is 9.91. The number of pyridine rings is 2. The van der Waals surface area contributed by atoms with Crippen molar-refractivity contribution < 1.29 is 38.2 Å². The number of fused-ring (bicyclic) bond motifs is 1. The maximum atomic E-state index is 13.4. The third kappa shape index (κ3) is 13.5. The Bertz CT molecular complexity index is 2290. The van der Waals surface area contributed by atoms with Crippen LogP contribution in [0.3, 0.4) is 0 Å². The van der Waals surface area contributed by atoms with E-state index in [9.17, 15) is 28.8 Å². The number of unbranched alkanes of at least 4 members (excludes halogenated alkanes) is 1. The molecule has 2 aromatic heterocycles. The number of nitrogens with one attached hydrogen (secondary N) is 3. The fourth-order valence-corrected chi connectivity index (χ4v) is 10.2. The van der Waals surface area contributed by atoms with Gasteiger partial charge in [-0.25, -0.2) is 4.98 Å². The Morgan fingerprint density at radius 2 is 1.59 bits per heavy atom. The molecule has 374 valence electrons. The average Bonchev–Trinajstić information content (AvgIpc) is 3.73. The van der Waals surface area contributed by atoms with Crippen LogP contribution >= 0.6 is 0 Å². The van der Waals surface area contributed by atoms with Gasteiger partial charge in [0, 0.05) is 126 Å². The van der Waals surface area contributed by atoms with Crippen molar-refractivity contribution in [3.63, 3.8) is 0 Å². The number of ether oxygens (including phenoxy) is 2. The van der Waals surface area contributed by atoms with Crippen molar-refractivity contribution in [1.82, 2.24) is 40.2 Å². The minimum atomic E-state index is -0.654. The van der Waals surface area contributed by atoms with Gasteiger partial charge in [0.25, 0.3) is 11.8 Å². The summed E-state index contributed by atoms with van der Waals surface area (Å²) in [6.45, 7) is 9.47. The third-order valence-electron chi connectivity index (χ3n) is 14.3. The van der Waals surface area contributed by atoms with Crippen LogP contribution in [0.2, 0.25) is 0 Å². The zero-order valence-corrected chi connectivity index (χ0v) is 40.2. The van der Waals surface area contributed by atoms with Gasteiger partial charge in [-0.05, 0) is 86.4 Å². The van der Waals surface area contributed by atoms with Crippen LogP contribution in [0.4, 0.5) is 11.5 Å². The number of hydrogen-bond acceptors (Lipinski definition) is 13. The second kappa shape index (κ2) is 25.0. The summed E-state index contributed by atoms with van der Waals surface area (Å²) in [6.07, 6.45) is 16.5. The first-order valence-corrected chi connectivity index (χ1v) is 25.2. The summed E-state index contributed by atoms with van der Waals surface area (Å²) < 4.78 is 11.5. The molecule has 0 bridgehead atoms. The first-order chi connectivity index (χ1) is 34.2. The number of nitrogens with zero attached hydrogens (tertiary/aromatic N) is 7. The number of piperidine rings is 3. The highest BCUT2D eigenvalue weighted by molar-refractivity contribution is 6.06. The van der Waals surface area contributed by atoms with E-state index in [4.69, 9.17) is 14.5 Å². The quantitative estimate of drug-likeness (QED) is 0.0794. The molecule has 18 heteroatoms. The smallest absolute Gasteiger partial charge is 0.255 e. The van der Waals surface area contributed by atoms with Gasteiger partial charge in [0.05, 0.1) is 38.4 Å². The molecule has 5 aliphatic rings. The summed E-state index contributed by atoms with van der Waals surface area (Å²) in [4.78, 5) is 94.6. The molecule has 0 saturated carbocycles. The number of anilines is 2. The van der Waals surface area contributed by atoms with Crippen molar-refractivity contribution >= 4 is 53.0 Å². The zero-order valence-electron chi connectivity index (χ0n) is 40.2. The number of hydrogen-bond donors (Lipinski definition) is 3. The van der Waals surface area contributed by atoms with Crippen LogP contribution < -0.4 is 20.9 Å². The molecule has 0 spiro atoms. The number of piperazine rings is 1. The summed E-state index contributed by atoms with van der Waals surface area (Å²) in [5.41, 5.74) is 3.74. The van der Waals surface area contributed by atoms with Crippen LogP contribution in [0, 0.1) is 5.92 Å². The number of amides is 6. The van der Waals surface area contributed by atoms with Crippen molar-refractivity contribution in [2.75, 3.05) is 102 Å². The normalized spacial score (nSPS) is 19.4. The SMILES string of the molecule is O=C(/C=C/c1cccnc1)NCCCCC1CCN(C(=O)c2ccc(N3CCC(N4CCN(C(=O)CCOCCOCCNc5cccc6c5CN(C5CCC(=O)NC5=O)C6=O)CC4)CC3)nc2)CC1. The van der Waals surface area contributed by atoms with Crippen molar-refractivity contribution in [3.8, 4) is 0 Å². The Hall–Kier alpha value is -6.24. The largest absolute Gasteiger partial charge is 0.382 e. The highest BCUT2D eigenvalue weighted by Crippen LogP contribution is 2.32. The van der Waals surface area contributed by atoms with Gasteiger partial charge in [0.2, 0.25) is 23.6 Å². The summed E-state index contributed by atoms with van der Waals surface area (Å²) in [5.74, 6) is 0.626. The second-order valence-electron chi connectivity index (χ2n) is 18.8. The number of carbonyl (C=O) groups is 6. The standard InChI is InChI=1S/C52H68N10O8/c63-47(13-9-39-6-4-20-53-35-39)55-21-2-1-5-38-15-23-61(24-16-38)51(67)40-10-12-46(56-36-40)59-25-17-41(18-26-59)58-27-29-60(30-28-58)49(65)19-31-69-33-34-70-32-22-54-44-8-3-7-42-43(44)37-62(52(42)68)45-11-14-48(64)57-50(45)66/h3-4,6-10,12-13,20,35-36,38,41,45,54H,1-2,5,11,14-19,21-34,37H2,(H,55,63)(H,57,64,66)/b13-9+. The summed E-state index contributed by atoms with van der Waals surface area (Å²) in [7, 11) is 0. The molecule has 0 radical (unpaired) electrons. The number of rotatable bonds is 21. The third-order valence-corrected chi connectivity index (χ3v) is 14.3. The fraction of sp³-hybridized carbons (Fsp3) is 0.538. The monoisotopic (exact) mass is 961 g/mol. The van der Waals surface area contributed by atoms with E-state index in [-0.39, 0.29) is 36.0 Å². The van der Waals surface area contributed by atoms with Gasteiger partial charge >= 0.3 is 0 Å². The van der Waals surface area contributed by atoms with Crippen LogP contribution in [-0.4, -0.2) is 169 Å². The Kier molecular flexibility index (Phi) is 17.9. The van der Waals surface area contributed by atoms with Crippen molar-refractivity contribution in [1.29, 1.82) is 0 Å². The lowest BCUT2D eigenvalue weighted by Gasteiger charge is -2.43. The number of carbonyl (C=O) groups excluding carboxylic acids is 6. The maximum Gasteiger partial charge on any atom is 0.255 e. The molecule has 3 aromatic rings. The molecular weight excluding hydrogens is 893 g/mol. The molecule has 18 nitrogen and oxygen atoms in total. The molecular formula is C52H68N10O8. The molecule has 4 saturated heterocycles. The highest BCUT2D eigenvalue weighted by atomic mass is 16.5. The van der Waals surface area contributed by atoms with Crippen LogP contribution in [0.25, 0.3) is 6.08 Å². The maximum absolute atomic E-state index is 13.4. The van der Waals surface area contributed by atoms with E-state index in [0.717, 1.165) is 107 Å². The second-order valence-corrected chi connectivity index (χ2v) is 18.8. The van der Waals surface area contributed by atoms with Crippen LogP contribution in [0.15, 0.2) is 67.1 Å². The van der Waals surface area contributed by atoms with Crippen LogP contribution in [0.5, 0.6) is 0 Å². The van der Waals surface area contributed by atoms with Gasteiger partial charge in [0.15, 0.2) is 0 Å². The Balaban J connectivity index is 0.634. The molecule has 6 amide bonds. The van der Waals surface area contributed by atoms with Gasteiger partial charge in [-0.1, -0.05) is 25.0 Å². The van der Waals surface area contributed by atoms with E-state index in [1.54, 1.807) is 41.7 Å². The topological polar surface area (TPSA) is 199 Å². The molecule has 70 heavy (non-hydrogen) atoms. The van der Waals surface area contributed by atoms with Gasteiger partial charge < -0.3 is 39.7 Å². The van der Waals surface area contributed by atoms with Crippen LogP contribution in [0.1, 0.15) is 96.1 Å². The predicted octanol–water partition coefficient (Wildman–Crippen LogP) is 3.74. The first kappa shape index (κ1) is 50.2. The Morgan fingerprint density at radius 1 is 0.786 bits per heavy atom. The van der Waals surface area contributed by atoms with E-state index in [1.165, 1.54) is 0 Å². The lowest BCUT2D eigenvalue weighted by Crippen LogP contribution is -2.54. The number of benzene rings is 1. The summed E-state index contributed by atoms with van der Waals surface area (Å²) >= 11 is 0. The fourth-order valence-electron chi connectivity index (χ4n) is 10.2. The molecule has 1 atom stereocenters. The molecule has 7 heterocycles. The minimum absolute atomic E-state index is 0.0491. The number of aromatic nitrogens is 2. The highest BCUT2D eigenvalue weighted by Gasteiger charge is 2.40. The van der Waals surface area contributed by atoms with Gasteiger partial charge in [-0.2, -0.15) is 0 Å². The van der Waals surface area contributed by atoms with Crippen molar-refractivity contribution in [3.05, 3.63) is 89.4 Å². The predicted molar refractivity (Wildman–Crippen MR) is 264 cm³/mol. The molecule has 5 aliphatic heterocycles. The number of likely N-dealkylation sites (tertiary alicyclic amines) is 1. The molecule has 0 aliphatic carbocycles. The lowest BCUT2D eigenvalue weighted by molar-refractivity contribution is -0.137. The van der Waals surface area contributed by atoms with E-state index in [2.05, 4.69) is 30.7 Å². The summed E-state index contributed by atoms with van der Waals surface area (Å²) in [6, 6.07) is 12.9. The minimum Gasteiger partial charge on any atom is -0.382 e. The molecule has 1 unspecified atom stereocenters. The Labute approximate surface area is 410 Å². The van der Waals surface area contributed by atoms with E-state index < -0.39 is 11.9 Å². The molecule has 8 rings (SSSR count). The number of imide groups is 1. The molecule has 3 N–H and O–H groups in total. The summed E-state index contributed by atoms with van der Waals surface area (Å²) in [5, 5.41) is 8.64. The van der Waals surface area contributed by atoms with E-state index >= 15 is 0 Å². The van der Waals surface area contributed by atoms with Gasteiger partial charge in [-0.15, -0.1) is 0 Å². The van der Waals surface area contributed by atoms with E-state index in [0.29, 0.717) is 95.1 Å². The Morgan fingerprint density at radius 3 is 2.33 bits per heavy atom. The van der Waals surface area contributed by atoms with E-state index in [1.807, 2.05) is 46.2 Å². The van der Waals surface area contributed by atoms with Gasteiger partial charge in [0.1, 0.15) is 11.9 Å². The average molecular weight is 961 g/mol. The van der Waals surface area contributed by atoms with Gasteiger partial charge in [-0.3, -0.25) is 44.0 Å². The van der Waals surface area contributed by atoms with Crippen LogP contribution in [-0.2, 0) is 35.2 Å².